The van der Waals surface area contributed by atoms with E-state index in [4.69, 9.17) is 0 Å². The summed E-state index contributed by atoms with van der Waals surface area (Å²) in [5.74, 6) is -0.571. The molecule has 4 rings (SSSR count). The van der Waals surface area contributed by atoms with Crippen LogP contribution in [0.15, 0.2) is 78.9 Å². The molecule has 0 saturated carbocycles. The molecule has 0 radical (unpaired) electrons. The molecule has 0 bridgehead atoms. The molecule has 0 spiro atoms. The summed E-state index contributed by atoms with van der Waals surface area (Å²) in [6.45, 7) is 1.26. The summed E-state index contributed by atoms with van der Waals surface area (Å²) in [5.41, 5.74) is 3.79. The first-order valence-electron chi connectivity index (χ1n) is 9.13. The Morgan fingerprint density at radius 2 is 1.67 bits per heavy atom. The van der Waals surface area contributed by atoms with E-state index in [0.29, 0.717) is 13.1 Å². The van der Waals surface area contributed by atoms with Gasteiger partial charge >= 0.3 is 0 Å². The van der Waals surface area contributed by atoms with E-state index < -0.39 is 0 Å². The summed E-state index contributed by atoms with van der Waals surface area (Å²) in [6.07, 6.45) is 0. The van der Waals surface area contributed by atoms with Gasteiger partial charge in [0.05, 0.1) is 5.92 Å². The summed E-state index contributed by atoms with van der Waals surface area (Å²) >= 11 is 0. The van der Waals surface area contributed by atoms with Crippen molar-refractivity contribution < 1.29 is 9.18 Å². The maximum Gasteiger partial charge on any atom is 0.229 e. The normalized spacial score (nSPS) is 19.0. The molecule has 1 heterocycles. The first-order valence-corrected chi connectivity index (χ1v) is 9.13. The molecule has 1 saturated heterocycles. The van der Waals surface area contributed by atoms with E-state index in [1.807, 2.05) is 60.7 Å². The van der Waals surface area contributed by atoms with E-state index in [1.165, 1.54) is 12.1 Å². The highest BCUT2D eigenvalue weighted by Crippen LogP contribution is 2.30. The van der Waals surface area contributed by atoms with Crippen LogP contribution in [0.4, 0.5) is 10.1 Å². The SMILES string of the molecule is O=C(Nc1cccc(-c2ccccc2)c1)[C@@H]1CNC[C@H]1c1cccc(F)c1. The minimum Gasteiger partial charge on any atom is -0.326 e. The lowest BCUT2D eigenvalue weighted by molar-refractivity contribution is -0.119. The van der Waals surface area contributed by atoms with Crippen molar-refractivity contribution in [3.05, 3.63) is 90.2 Å². The molecule has 3 nitrogen and oxygen atoms in total. The zero-order chi connectivity index (χ0) is 18.6. The number of hydrogen-bond donors (Lipinski definition) is 2. The number of amides is 1. The molecule has 27 heavy (non-hydrogen) atoms. The Hall–Kier alpha value is -2.98. The number of carbonyl (C=O) groups is 1. The highest BCUT2D eigenvalue weighted by molar-refractivity contribution is 5.94. The smallest absolute Gasteiger partial charge is 0.229 e. The molecule has 0 aromatic heterocycles. The molecule has 1 aliphatic rings. The van der Waals surface area contributed by atoms with E-state index in [0.717, 1.165) is 22.4 Å². The minimum absolute atomic E-state index is 0.0296. The van der Waals surface area contributed by atoms with Crippen LogP contribution >= 0.6 is 0 Å². The van der Waals surface area contributed by atoms with Crippen LogP contribution in [0.2, 0.25) is 0 Å². The lowest BCUT2D eigenvalue weighted by atomic mass is 9.88. The van der Waals surface area contributed by atoms with Gasteiger partial charge in [-0.1, -0.05) is 54.6 Å². The van der Waals surface area contributed by atoms with Crippen molar-refractivity contribution in [2.45, 2.75) is 5.92 Å². The zero-order valence-corrected chi connectivity index (χ0v) is 14.9. The van der Waals surface area contributed by atoms with Crippen molar-refractivity contribution in [3.8, 4) is 11.1 Å². The van der Waals surface area contributed by atoms with Crippen molar-refractivity contribution in [2.75, 3.05) is 18.4 Å². The number of benzene rings is 3. The summed E-state index contributed by atoms with van der Waals surface area (Å²) < 4.78 is 13.6. The van der Waals surface area contributed by atoms with Crippen LogP contribution in [0.3, 0.4) is 0 Å². The van der Waals surface area contributed by atoms with Crippen LogP contribution in [-0.2, 0) is 4.79 Å². The molecule has 3 aromatic rings. The van der Waals surface area contributed by atoms with Crippen molar-refractivity contribution in [1.82, 2.24) is 5.32 Å². The number of hydrogen-bond acceptors (Lipinski definition) is 2. The second-order valence-corrected chi connectivity index (χ2v) is 6.86. The summed E-state index contributed by atoms with van der Waals surface area (Å²) in [5, 5.41) is 6.30. The standard InChI is InChI=1S/C23H21FN2O/c24-19-10-4-9-18(12-19)21-14-25-15-22(21)23(27)26-20-11-5-8-17(13-20)16-6-2-1-3-7-16/h1-13,21-22,25H,14-15H2,(H,26,27)/t21-,22+/m0/s1. The maximum absolute atomic E-state index is 13.6. The first-order chi connectivity index (χ1) is 13.2. The fourth-order valence-corrected chi connectivity index (χ4v) is 3.68. The molecular weight excluding hydrogens is 339 g/mol. The summed E-state index contributed by atoms with van der Waals surface area (Å²) in [4.78, 5) is 12.9. The molecule has 0 unspecified atom stereocenters. The first kappa shape index (κ1) is 17.4. The van der Waals surface area contributed by atoms with Crippen LogP contribution in [0.5, 0.6) is 0 Å². The van der Waals surface area contributed by atoms with Gasteiger partial charge in [-0.3, -0.25) is 4.79 Å². The van der Waals surface area contributed by atoms with Crippen molar-refractivity contribution in [3.63, 3.8) is 0 Å². The van der Waals surface area contributed by atoms with Crippen LogP contribution in [0.25, 0.3) is 11.1 Å². The summed E-state index contributed by atoms with van der Waals surface area (Å²) in [7, 11) is 0. The average Bonchev–Trinajstić information content (AvgIpc) is 3.19. The minimum atomic E-state index is -0.269. The monoisotopic (exact) mass is 360 g/mol. The second kappa shape index (κ2) is 7.72. The Labute approximate surface area is 158 Å². The molecule has 3 aromatic carbocycles. The van der Waals surface area contributed by atoms with E-state index in [-0.39, 0.29) is 23.6 Å². The zero-order valence-electron chi connectivity index (χ0n) is 14.9. The van der Waals surface area contributed by atoms with Crippen LogP contribution in [0.1, 0.15) is 11.5 Å². The number of halogens is 1. The molecule has 0 aliphatic carbocycles. The van der Waals surface area contributed by atoms with Gasteiger partial charge in [0.2, 0.25) is 5.91 Å². The Balaban J connectivity index is 1.52. The molecule has 1 amide bonds. The molecule has 2 atom stereocenters. The van der Waals surface area contributed by atoms with E-state index in [1.54, 1.807) is 6.07 Å². The topological polar surface area (TPSA) is 41.1 Å². The highest BCUT2D eigenvalue weighted by atomic mass is 19.1. The van der Waals surface area contributed by atoms with Crippen LogP contribution < -0.4 is 10.6 Å². The lowest BCUT2D eigenvalue weighted by Crippen LogP contribution is -2.28. The lowest BCUT2D eigenvalue weighted by Gasteiger charge is -2.19. The van der Waals surface area contributed by atoms with Gasteiger partial charge < -0.3 is 10.6 Å². The maximum atomic E-state index is 13.6. The van der Waals surface area contributed by atoms with Crippen molar-refractivity contribution >= 4 is 11.6 Å². The third-order valence-corrected chi connectivity index (χ3v) is 5.07. The van der Waals surface area contributed by atoms with E-state index in [2.05, 4.69) is 10.6 Å². The Bertz CT molecular complexity index is 942. The average molecular weight is 360 g/mol. The molecule has 2 N–H and O–H groups in total. The van der Waals surface area contributed by atoms with Gasteiger partial charge in [-0.05, 0) is 41.0 Å². The number of rotatable bonds is 4. The van der Waals surface area contributed by atoms with Gasteiger partial charge in [-0.25, -0.2) is 4.39 Å². The third kappa shape index (κ3) is 3.91. The number of carbonyl (C=O) groups excluding carboxylic acids is 1. The fraction of sp³-hybridized carbons (Fsp3) is 0.174. The third-order valence-electron chi connectivity index (χ3n) is 5.07. The fourth-order valence-electron chi connectivity index (χ4n) is 3.68. The van der Waals surface area contributed by atoms with Gasteiger partial charge in [-0.2, -0.15) is 0 Å². The molecule has 4 heteroatoms. The van der Waals surface area contributed by atoms with Crippen molar-refractivity contribution in [1.29, 1.82) is 0 Å². The summed E-state index contributed by atoms with van der Waals surface area (Å²) in [6, 6.07) is 24.4. The molecule has 136 valence electrons. The molecule has 1 aliphatic heterocycles. The van der Waals surface area contributed by atoms with Gasteiger partial charge in [-0.15, -0.1) is 0 Å². The van der Waals surface area contributed by atoms with Gasteiger partial charge in [0.1, 0.15) is 5.82 Å². The molecular formula is C23H21FN2O. The quantitative estimate of drug-likeness (QED) is 0.722. The number of nitrogens with one attached hydrogen (secondary N) is 2. The Morgan fingerprint density at radius 1 is 0.889 bits per heavy atom. The van der Waals surface area contributed by atoms with E-state index in [9.17, 15) is 9.18 Å². The number of anilines is 1. The second-order valence-electron chi connectivity index (χ2n) is 6.86. The van der Waals surface area contributed by atoms with Gasteiger partial charge in [0.15, 0.2) is 0 Å². The van der Waals surface area contributed by atoms with Crippen molar-refractivity contribution in [2.24, 2.45) is 5.92 Å². The van der Waals surface area contributed by atoms with E-state index >= 15 is 0 Å². The predicted molar refractivity (Wildman–Crippen MR) is 106 cm³/mol. The van der Waals surface area contributed by atoms with Gasteiger partial charge in [0.25, 0.3) is 0 Å². The highest BCUT2D eigenvalue weighted by Gasteiger charge is 2.34. The largest absolute Gasteiger partial charge is 0.326 e. The predicted octanol–water partition coefficient (Wildman–Crippen LogP) is 4.43. The Kier molecular flexibility index (Phi) is 4.99. The van der Waals surface area contributed by atoms with Crippen LogP contribution in [-0.4, -0.2) is 19.0 Å². The van der Waals surface area contributed by atoms with Gasteiger partial charge in [0, 0.05) is 24.7 Å². The Morgan fingerprint density at radius 3 is 2.48 bits per heavy atom. The molecule has 1 fully saturated rings. The van der Waals surface area contributed by atoms with Crippen LogP contribution in [0, 0.1) is 11.7 Å².